The van der Waals surface area contributed by atoms with Crippen LogP contribution in [0.1, 0.15) is 54.9 Å². The molecule has 178 valence electrons. The zero-order valence-electron chi connectivity index (χ0n) is 20.3. The van der Waals surface area contributed by atoms with Crippen LogP contribution in [0, 0.1) is 11.7 Å². The van der Waals surface area contributed by atoms with E-state index in [0.717, 1.165) is 37.4 Å². The molecule has 4 aliphatic heterocycles. The molecule has 2 bridgehead atoms. The van der Waals surface area contributed by atoms with Gasteiger partial charge in [-0.05, 0) is 107 Å². The van der Waals surface area contributed by atoms with E-state index in [4.69, 9.17) is 4.74 Å². The van der Waals surface area contributed by atoms with Gasteiger partial charge in [0.15, 0.2) is 0 Å². The molecule has 6 rings (SSSR count). The van der Waals surface area contributed by atoms with Gasteiger partial charge in [-0.3, -0.25) is 4.90 Å². The highest BCUT2D eigenvalue weighted by Crippen LogP contribution is 2.45. The summed E-state index contributed by atoms with van der Waals surface area (Å²) in [7, 11) is 4.20. The molecule has 1 N–H and O–H groups in total. The molecule has 0 saturated carbocycles. The predicted octanol–water partition coefficient (Wildman–Crippen LogP) is 4.51. The number of rotatable bonds is 8. The summed E-state index contributed by atoms with van der Waals surface area (Å²) in [5, 5.41) is 3.89. The van der Waals surface area contributed by atoms with Crippen molar-refractivity contribution in [3.05, 3.63) is 70.5 Å². The summed E-state index contributed by atoms with van der Waals surface area (Å²) in [5.41, 5.74) is 4.39. The van der Waals surface area contributed by atoms with Crippen LogP contribution in [0.2, 0.25) is 0 Å². The number of nitrogens with zero attached hydrogens (tertiary/aromatic N) is 2. The Balaban J connectivity index is 1.35. The van der Waals surface area contributed by atoms with Crippen molar-refractivity contribution in [1.82, 2.24) is 15.1 Å². The Bertz CT molecular complexity index is 952. The number of halogens is 1. The van der Waals surface area contributed by atoms with Gasteiger partial charge in [-0.25, -0.2) is 4.39 Å². The lowest BCUT2D eigenvalue weighted by atomic mass is 9.79. The van der Waals surface area contributed by atoms with Gasteiger partial charge in [-0.2, -0.15) is 0 Å². The molecule has 5 heteroatoms. The summed E-state index contributed by atoms with van der Waals surface area (Å²) in [6.07, 6.45) is 4.56. The van der Waals surface area contributed by atoms with E-state index in [1.54, 1.807) is 12.1 Å². The first kappa shape index (κ1) is 23.0. The van der Waals surface area contributed by atoms with Crippen molar-refractivity contribution in [2.24, 2.45) is 5.92 Å². The van der Waals surface area contributed by atoms with Crippen molar-refractivity contribution >= 4 is 0 Å². The molecule has 0 aromatic heterocycles. The van der Waals surface area contributed by atoms with Gasteiger partial charge in [0.05, 0.1) is 6.61 Å². The van der Waals surface area contributed by atoms with E-state index >= 15 is 0 Å². The van der Waals surface area contributed by atoms with Gasteiger partial charge in [0.2, 0.25) is 0 Å². The van der Waals surface area contributed by atoms with Gasteiger partial charge in [0.25, 0.3) is 0 Å². The average molecular weight is 452 g/mol. The molecule has 0 amide bonds. The van der Waals surface area contributed by atoms with Gasteiger partial charge in [-0.1, -0.05) is 30.3 Å². The Morgan fingerprint density at radius 3 is 2.58 bits per heavy atom. The highest BCUT2D eigenvalue weighted by molar-refractivity contribution is 5.45. The topological polar surface area (TPSA) is 27.7 Å². The first-order valence-electron chi connectivity index (χ1n) is 12.6. The van der Waals surface area contributed by atoms with Crippen molar-refractivity contribution in [3.8, 4) is 0 Å². The van der Waals surface area contributed by atoms with Crippen LogP contribution in [0.25, 0.3) is 0 Å². The largest absolute Gasteiger partial charge is 0.361 e. The van der Waals surface area contributed by atoms with Gasteiger partial charge in [-0.15, -0.1) is 0 Å². The van der Waals surface area contributed by atoms with Crippen molar-refractivity contribution in [1.29, 1.82) is 0 Å². The fourth-order valence-corrected chi connectivity index (χ4v) is 6.38. The number of piperidine rings is 3. The SMILES string of the molecule is CC1C(NCc2ccc3c(c2)COC3(CCCN(C)C)c2ccc(F)cc2)C2CCN1CC2. The molecule has 2 aromatic carbocycles. The first-order chi connectivity index (χ1) is 16.0. The maximum absolute atomic E-state index is 13.7. The minimum Gasteiger partial charge on any atom is -0.361 e. The van der Waals surface area contributed by atoms with Crippen LogP contribution in [-0.4, -0.2) is 55.6 Å². The monoisotopic (exact) mass is 451 g/mol. The van der Waals surface area contributed by atoms with E-state index in [2.05, 4.69) is 54.3 Å². The molecule has 0 radical (unpaired) electrons. The van der Waals surface area contributed by atoms with Gasteiger partial charge in [0.1, 0.15) is 11.4 Å². The third-order valence-electron chi connectivity index (χ3n) is 8.24. The van der Waals surface area contributed by atoms with Crippen LogP contribution in [0.15, 0.2) is 42.5 Å². The molecule has 2 aromatic rings. The molecular formula is C28H38FN3O. The standard InChI is InChI=1S/C28H38FN3O/c1-20-27(22-11-15-32(20)16-12-22)30-18-21-5-10-26-23(17-21)19-33-28(26,13-4-14-31(2)3)24-6-8-25(29)9-7-24/h5-10,17,20,22,27,30H,4,11-16,18-19H2,1-3H3. The summed E-state index contributed by atoms with van der Waals surface area (Å²) in [6.45, 7) is 7.42. The second-order valence-corrected chi connectivity index (χ2v) is 10.5. The first-order valence-corrected chi connectivity index (χ1v) is 12.6. The third kappa shape index (κ3) is 4.49. The molecule has 0 spiro atoms. The Labute approximate surface area is 198 Å². The van der Waals surface area contributed by atoms with Crippen LogP contribution in [0.3, 0.4) is 0 Å². The zero-order chi connectivity index (χ0) is 23.0. The quantitative estimate of drug-likeness (QED) is 0.639. The molecule has 3 unspecified atom stereocenters. The van der Waals surface area contributed by atoms with Crippen LogP contribution in [0.5, 0.6) is 0 Å². The summed E-state index contributed by atoms with van der Waals surface area (Å²) in [5.74, 6) is 0.606. The van der Waals surface area contributed by atoms with E-state index in [1.807, 2.05) is 12.1 Å². The zero-order valence-corrected chi connectivity index (χ0v) is 20.3. The number of ether oxygens (including phenoxy) is 1. The molecule has 4 aliphatic rings. The van der Waals surface area contributed by atoms with Gasteiger partial charge >= 0.3 is 0 Å². The van der Waals surface area contributed by atoms with E-state index < -0.39 is 5.60 Å². The molecule has 3 fully saturated rings. The summed E-state index contributed by atoms with van der Waals surface area (Å²) in [6, 6.07) is 14.9. The van der Waals surface area contributed by atoms with E-state index in [9.17, 15) is 4.39 Å². The van der Waals surface area contributed by atoms with Crippen LogP contribution in [-0.2, 0) is 23.5 Å². The Morgan fingerprint density at radius 2 is 1.88 bits per heavy atom. The Kier molecular flexibility index (Phi) is 6.58. The fourth-order valence-electron chi connectivity index (χ4n) is 6.38. The van der Waals surface area contributed by atoms with Crippen molar-refractivity contribution in [3.63, 3.8) is 0 Å². The van der Waals surface area contributed by atoms with E-state index in [0.29, 0.717) is 18.7 Å². The number of fused-ring (bicyclic) bond motifs is 4. The smallest absolute Gasteiger partial charge is 0.123 e. The Hall–Kier alpha value is -1.79. The Morgan fingerprint density at radius 1 is 1.12 bits per heavy atom. The van der Waals surface area contributed by atoms with Gasteiger partial charge in [0, 0.05) is 18.6 Å². The van der Waals surface area contributed by atoms with E-state index in [1.165, 1.54) is 42.6 Å². The summed E-state index contributed by atoms with van der Waals surface area (Å²) in [4.78, 5) is 4.84. The van der Waals surface area contributed by atoms with Crippen molar-refractivity contribution in [2.75, 3.05) is 33.7 Å². The average Bonchev–Trinajstić information content (AvgIpc) is 3.18. The fraction of sp³-hybridized carbons (Fsp3) is 0.571. The third-order valence-corrected chi connectivity index (χ3v) is 8.24. The number of nitrogens with one attached hydrogen (secondary N) is 1. The lowest BCUT2D eigenvalue weighted by Crippen LogP contribution is -2.61. The number of benzene rings is 2. The predicted molar refractivity (Wildman–Crippen MR) is 131 cm³/mol. The minimum absolute atomic E-state index is 0.205. The normalized spacial score (nSPS) is 30.7. The molecule has 0 aliphatic carbocycles. The number of hydrogen-bond acceptors (Lipinski definition) is 4. The van der Waals surface area contributed by atoms with Crippen molar-refractivity contribution in [2.45, 2.75) is 63.4 Å². The lowest BCUT2D eigenvalue weighted by molar-refractivity contribution is -0.0140. The van der Waals surface area contributed by atoms with Crippen molar-refractivity contribution < 1.29 is 9.13 Å². The maximum atomic E-state index is 13.7. The van der Waals surface area contributed by atoms with Gasteiger partial charge < -0.3 is 15.0 Å². The van der Waals surface area contributed by atoms with Crippen LogP contribution < -0.4 is 5.32 Å². The minimum atomic E-state index is -0.491. The molecule has 3 saturated heterocycles. The summed E-state index contributed by atoms with van der Waals surface area (Å²) >= 11 is 0. The number of hydrogen-bond donors (Lipinski definition) is 1. The van der Waals surface area contributed by atoms with Crippen LogP contribution >= 0.6 is 0 Å². The highest BCUT2D eigenvalue weighted by Gasteiger charge is 2.42. The second-order valence-electron chi connectivity index (χ2n) is 10.5. The molecule has 33 heavy (non-hydrogen) atoms. The molecule has 4 heterocycles. The van der Waals surface area contributed by atoms with Crippen LogP contribution in [0.4, 0.5) is 4.39 Å². The molecule has 3 atom stereocenters. The summed E-state index contributed by atoms with van der Waals surface area (Å²) < 4.78 is 20.2. The molecule has 4 nitrogen and oxygen atoms in total. The molecular weight excluding hydrogens is 413 g/mol. The second kappa shape index (κ2) is 9.46. The lowest BCUT2D eigenvalue weighted by Gasteiger charge is -2.50. The maximum Gasteiger partial charge on any atom is 0.123 e. The van der Waals surface area contributed by atoms with E-state index in [-0.39, 0.29) is 5.82 Å². The highest BCUT2D eigenvalue weighted by atomic mass is 19.1.